The second kappa shape index (κ2) is 12.5. The summed E-state index contributed by atoms with van der Waals surface area (Å²) in [5, 5.41) is 0. The number of nitrogens with one attached hydrogen (secondary N) is 1. The molecule has 236 valence electrons. The topological polar surface area (TPSA) is 118 Å². The second-order valence-corrected chi connectivity index (χ2v) is 14.5. The maximum Gasteiger partial charge on any atom is 0.264 e. The fourth-order valence-electron chi connectivity index (χ4n) is 5.67. The van der Waals surface area contributed by atoms with Crippen LogP contribution < -0.4 is 14.4 Å². The van der Waals surface area contributed by atoms with Gasteiger partial charge in [-0.05, 0) is 67.1 Å². The molecule has 45 heavy (non-hydrogen) atoms. The zero-order valence-corrected chi connectivity index (χ0v) is 27.6. The van der Waals surface area contributed by atoms with Crippen LogP contribution in [0, 0.1) is 19.3 Å². The van der Waals surface area contributed by atoms with Crippen LogP contribution in [0.15, 0.2) is 71.8 Å². The first-order chi connectivity index (χ1) is 21.2. The molecule has 10 nitrogen and oxygen atoms in total. The summed E-state index contributed by atoms with van der Waals surface area (Å²) in [4.78, 5) is 31.7. The van der Waals surface area contributed by atoms with Crippen molar-refractivity contribution in [2.75, 3.05) is 30.3 Å². The predicted octanol–water partition coefficient (Wildman–Crippen LogP) is 5.86. The van der Waals surface area contributed by atoms with Gasteiger partial charge in [0.05, 0.1) is 34.6 Å². The van der Waals surface area contributed by atoms with Crippen LogP contribution in [0.3, 0.4) is 0 Å². The van der Waals surface area contributed by atoms with Gasteiger partial charge in [-0.15, -0.1) is 0 Å². The van der Waals surface area contributed by atoms with Crippen LogP contribution in [-0.4, -0.2) is 60.9 Å². The van der Waals surface area contributed by atoms with Gasteiger partial charge in [0, 0.05) is 37.5 Å². The minimum absolute atomic E-state index is 0.0738. The maximum absolute atomic E-state index is 14.4. The first-order valence-corrected chi connectivity index (χ1v) is 16.3. The first-order valence-electron chi connectivity index (χ1n) is 14.9. The van der Waals surface area contributed by atoms with E-state index in [2.05, 4.69) is 40.4 Å². The van der Waals surface area contributed by atoms with Gasteiger partial charge in [-0.1, -0.05) is 45.0 Å². The Morgan fingerprint density at radius 2 is 1.71 bits per heavy atom. The number of rotatable bonds is 5. The van der Waals surface area contributed by atoms with Crippen LogP contribution in [0.2, 0.25) is 0 Å². The van der Waals surface area contributed by atoms with Crippen LogP contribution in [0.5, 0.6) is 5.88 Å². The van der Waals surface area contributed by atoms with Crippen molar-refractivity contribution in [1.29, 1.82) is 0 Å². The van der Waals surface area contributed by atoms with Crippen molar-refractivity contribution >= 4 is 27.6 Å². The molecule has 4 bridgehead atoms. The molecule has 1 amide bonds. The van der Waals surface area contributed by atoms with Crippen LogP contribution in [0.25, 0.3) is 11.3 Å². The number of carbonyl (C=O) groups excluding carboxylic acids is 1. The summed E-state index contributed by atoms with van der Waals surface area (Å²) in [6.07, 6.45) is 2.31. The highest BCUT2D eigenvalue weighted by Crippen LogP contribution is 2.32. The number of sulfonamides is 1. The van der Waals surface area contributed by atoms with E-state index in [-0.39, 0.29) is 46.8 Å². The highest BCUT2D eigenvalue weighted by atomic mass is 32.2. The van der Waals surface area contributed by atoms with Crippen molar-refractivity contribution in [1.82, 2.24) is 19.9 Å². The van der Waals surface area contributed by atoms with Crippen LogP contribution in [-0.2, 0) is 16.6 Å². The van der Waals surface area contributed by atoms with Gasteiger partial charge in [-0.3, -0.25) is 9.78 Å². The normalized spacial score (nSPS) is 16.5. The minimum atomic E-state index is -4.16. The van der Waals surface area contributed by atoms with Gasteiger partial charge in [0.15, 0.2) is 0 Å². The lowest BCUT2D eigenvalue weighted by Gasteiger charge is -2.36. The Hall–Kier alpha value is -4.51. The molecule has 3 heterocycles. The smallest absolute Gasteiger partial charge is 0.264 e. The Labute approximate surface area is 265 Å². The van der Waals surface area contributed by atoms with E-state index in [0.29, 0.717) is 17.8 Å². The molecule has 1 N–H and O–H groups in total. The number of anilines is 2. The molecule has 5 rings (SSSR count). The summed E-state index contributed by atoms with van der Waals surface area (Å²) in [5.74, 6) is -0.243. The molecule has 0 saturated carbocycles. The van der Waals surface area contributed by atoms with E-state index >= 15 is 0 Å². The molecule has 2 aromatic heterocycles. The van der Waals surface area contributed by atoms with E-state index in [4.69, 9.17) is 4.74 Å². The minimum Gasteiger partial charge on any atom is -0.475 e. The van der Waals surface area contributed by atoms with Crippen molar-refractivity contribution in [2.24, 2.45) is 5.41 Å². The molecule has 2 aromatic carbocycles. The van der Waals surface area contributed by atoms with Crippen molar-refractivity contribution in [3.05, 3.63) is 89.2 Å². The fourth-order valence-corrected chi connectivity index (χ4v) is 6.66. The standard InChI is InChI=1S/C34H40N6O4S/c1-22-11-8-12-23(2)31(22)27-18-30-37-33(36-27)38-45(42,43)26-14-9-13-24(17-26)32(41)40(25(21-44-30)19-34(3,4)5)20-28-29(39(6)7)15-10-16-35-28/h8-18,25H,19-21H2,1-7H3,(H,36,37,38)/t25-/m1/s1. The number of pyridine rings is 1. The second-order valence-electron chi connectivity index (χ2n) is 12.8. The number of aromatic nitrogens is 3. The van der Waals surface area contributed by atoms with Crippen molar-refractivity contribution in [2.45, 2.75) is 58.5 Å². The van der Waals surface area contributed by atoms with E-state index in [1.807, 2.05) is 63.2 Å². The number of ether oxygens (including phenoxy) is 1. The third-order valence-corrected chi connectivity index (χ3v) is 9.02. The molecule has 0 unspecified atom stereocenters. The van der Waals surface area contributed by atoms with Gasteiger partial charge in [0.25, 0.3) is 15.9 Å². The van der Waals surface area contributed by atoms with Gasteiger partial charge in [0.2, 0.25) is 11.8 Å². The summed E-state index contributed by atoms with van der Waals surface area (Å²) in [6.45, 7) is 10.6. The molecule has 4 aromatic rings. The molecular weight excluding hydrogens is 588 g/mol. The van der Waals surface area contributed by atoms with Crippen molar-refractivity contribution in [3.63, 3.8) is 0 Å². The van der Waals surface area contributed by atoms with E-state index in [1.165, 1.54) is 12.1 Å². The SMILES string of the molecule is Cc1cccc(C)c1-c1cc2nc(n1)NS(=O)(=O)c1cccc(c1)C(=O)N(Cc1ncccc1N(C)C)[C@H](CC(C)(C)C)CO2. The number of fused-ring (bicyclic) bond motifs is 4. The monoisotopic (exact) mass is 628 g/mol. The fraction of sp³-hybridized carbons (Fsp3) is 0.353. The first kappa shape index (κ1) is 31.9. The van der Waals surface area contributed by atoms with E-state index in [1.54, 1.807) is 29.3 Å². The van der Waals surface area contributed by atoms with Crippen LogP contribution in [0.1, 0.15) is 54.4 Å². The van der Waals surface area contributed by atoms with Crippen LogP contribution >= 0.6 is 0 Å². The van der Waals surface area contributed by atoms with Gasteiger partial charge < -0.3 is 14.5 Å². The predicted molar refractivity (Wildman–Crippen MR) is 176 cm³/mol. The van der Waals surface area contributed by atoms with E-state index in [0.717, 1.165) is 22.4 Å². The molecule has 11 heteroatoms. The van der Waals surface area contributed by atoms with E-state index < -0.39 is 16.1 Å². The highest BCUT2D eigenvalue weighted by Gasteiger charge is 2.32. The van der Waals surface area contributed by atoms with Gasteiger partial charge in [-0.2, -0.15) is 4.98 Å². The summed E-state index contributed by atoms with van der Waals surface area (Å²) >= 11 is 0. The Morgan fingerprint density at radius 3 is 2.40 bits per heavy atom. The maximum atomic E-state index is 14.4. The number of carbonyl (C=O) groups is 1. The number of benzene rings is 2. The number of hydrogen-bond acceptors (Lipinski definition) is 8. The Morgan fingerprint density at radius 1 is 1.00 bits per heavy atom. The number of nitrogens with zero attached hydrogens (tertiary/aromatic N) is 5. The molecule has 0 radical (unpaired) electrons. The third-order valence-electron chi connectivity index (χ3n) is 7.70. The lowest BCUT2D eigenvalue weighted by molar-refractivity contribution is 0.0510. The molecule has 0 aliphatic carbocycles. The zero-order chi connectivity index (χ0) is 32.5. The third kappa shape index (κ3) is 7.25. The Bertz CT molecular complexity index is 1810. The molecule has 0 fully saturated rings. The molecular formula is C34H40N6O4S. The van der Waals surface area contributed by atoms with Crippen molar-refractivity contribution < 1.29 is 17.9 Å². The largest absolute Gasteiger partial charge is 0.475 e. The summed E-state index contributed by atoms with van der Waals surface area (Å²) < 4.78 is 36.2. The van der Waals surface area contributed by atoms with Gasteiger partial charge in [0.1, 0.15) is 6.61 Å². The Kier molecular flexibility index (Phi) is 8.84. The molecule has 1 aliphatic heterocycles. The number of amides is 1. The Balaban J connectivity index is 1.70. The van der Waals surface area contributed by atoms with Crippen LogP contribution in [0.4, 0.5) is 11.6 Å². The quantitative estimate of drug-likeness (QED) is 0.292. The van der Waals surface area contributed by atoms with E-state index in [9.17, 15) is 13.2 Å². The number of aryl methyl sites for hydroxylation is 2. The highest BCUT2D eigenvalue weighted by molar-refractivity contribution is 7.92. The zero-order valence-electron chi connectivity index (χ0n) is 26.8. The lowest BCUT2D eigenvalue weighted by atomic mass is 9.87. The number of hydrogen-bond donors (Lipinski definition) is 1. The average molecular weight is 629 g/mol. The average Bonchev–Trinajstić information content (AvgIpc) is 2.97. The van der Waals surface area contributed by atoms with Gasteiger partial charge >= 0.3 is 0 Å². The molecule has 1 aliphatic rings. The molecule has 0 spiro atoms. The summed E-state index contributed by atoms with van der Waals surface area (Å²) in [6, 6.07) is 17.1. The summed E-state index contributed by atoms with van der Waals surface area (Å²) in [7, 11) is -0.298. The summed E-state index contributed by atoms with van der Waals surface area (Å²) in [5.41, 5.74) is 5.01. The van der Waals surface area contributed by atoms with Gasteiger partial charge in [-0.25, -0.2) is 18.1 Å². The molecule has 1 atom stereocenters. The lowest BCUT2D eigenvalue weighted by Crippen LogP contribution is -2.45. The molecule has 0 saturated heterocycles. The van der Waals surface area contributed by atoms with Crippen molar-refractivity contribution in [3.8, 4) is 17.1 Å².